The molecule has 2 N–H and O–H groups in total. The average Bonchev–Trinajstić information content (AvgIpc) is 3.47. The normalized spacial score (nSPS) is 14.5. The zero-order valence-electron chi connectivity index (χ0n) is 20.4. The van der Waals surface area contributed by atoms with Gasteiger partial charge in [0.05, 0.1) is 5.69 Å². The van der Waals surface area contributed by atoms with Crippen molar-refractivity contribution in [2.24, 2.45) is 5.92 Å². The summed E-state index contributed by atoms with van der Waals surface area (Å²) in [5.41, 5.74) is 9.85. The maximum absolute atomic E-state index is 12.6. The molecule has 0 amide bonds. The Bertz CT molecular complexity index is 929. The molecule has 0 saturated carbocycles. The van der Waals surface area contributed by atoms with Crippen molar-refractivity contribution in [1.82, 2.24) is 14.8 Å². The van der Waals surface area contributed by atoms with Gasteiger partial charge in [0.1, 0.15) is 5.82 Å². The van der Waals surface area contributed by atoms with Crippen molar-refractivity contribution in [3.8, 4) is 0 Å². The first kappa shape index (κ1) is 31.0. The van der Waals surface area contributed by atoms with Crippen LogP contribution < -0.4 is 5.73 Å². The molecule has 3 heterocycles. The van der Waals surface area contributed by atoms with E-state index < -0.39 is 11.7 Å². The van der Waals surface area contributed by atoms with E-state index in [2.05, 4.69) is 41.2 Å². The van der Waals surface area contributed by atoms with Crippen LogP contribution in [0.3, 0.4) is 0 Å². The molecule has 0 saturated heterocycles. The Morgan fingerprint density at radius 1 is 1.18 bits per heavy atom. The van der Waals surface area contributed by atoms with Crippen LogP contribution in [0.15, 0.2) is 36.6 Å². The Morgan fingerprint density at radius 2 is 1.85 bits per heavy atom. The number of allylic oxidation sites excluding steroid dienone is 3. The second-order valence-corrected chi connectivity index (χ2v) is 8.17. The maximum atomic E-state index is 12.6. The standard InChI is InChI=1S/C15H19F3N2.C8H10N2.C2H6.HI.Sb/c1-10(2)13(8-11(3)15(16,17)18)14-9-12-6-4-5-7-20(12)19-14;9-8-7-3-1-2-6(7)4-5-10-8;1-2;;/h8-10H,3-7H2,1-2H3;4-5H,1-3H2,(H2,9,10);1-2H3;1H;/q;;;;+1/p-1/b13-8+;;;;. The van der Waals surface area contributed by atoms with Crippen molar-refractivity contribution in [2.45, 2.75) is 78.9 Å². The van der Waals surface area contributed by atoms with E-state index in [0.29, 0.717) is 11.3 Å². The zero-order valence-corrected chi connectivity index (χ0v) is 25.1. The molecule has 0 fully saturated rings. The fourth-order valence-corrected chi connectivity index (χ4v) is 3.89. The Labute approximate surface area is 225 Å². The molecule has 188 valence electrons. The van der Waals surface area contributed by atoms with E-state index in [0.717, 1.165) is 49.8 Å². The Balaban J connectivity index is 0.000000344. The number of aryl methyl sites for hydroxylation is 3. The molecule has 1 aliphatic carbocycles. The molecule has 1 aliphatic heterocycles. The van der Waals surface area contributed by atoms with Crippen LogP contribution in [0.1, 0.15) is 69.5 Å². The monoisotopic (exact) mass is 696 g/mol. The fraction of sp³-hybridized carbons (Fsp3) is 0.520. The number of aromatic nitrogens is 3. The molecule has 0 bridgehead atoms. The van der Waals surface area contributed by atoms with Gasteiger partial charge in [0, 0.05) is 24.0 Å². The first-order chi connectivity index (χ1) is 16.2. The average molecular weight is 697 g/mol. The topological polar surface area (TPSA) is 56.7 Å². The zero-order chi connectivity index (χ0) is 25.9. The predicted molar refractivity (Wildman–Crippen MR) is 145 cm³/mol. The number of hydrogen-bond acceptors (Lipinski definition) is 3. The van der Waals surface area contributed by atoms with Gasteiger partial charge in [0.15, 0.2) is 0 Å². The van der Waals surface area contributed by atoms with Crippen LogP contribution in [0.5, 0.6) is 0 Å². The van der Waals surface area contributed by atoms with E-state index in [1.165, 1.54) is 24.0 Å². The second kappa shape index (κ2) is 15.2. The quantitative estimate of drug-likeness (QED) is 0.213. The van der Waals surface area contributed by atoms with Gasteiger partial charge in [-0.3, -0.25) is 4.68 Å². The minimum absolute atomic E-state index is 0.0361. The molecule has 0 atom stereocenters. The number of fused-ring (bicyclic) bond motifs is 2. The van der Waals surface area contributed by atoms with Crippen LogP contribution in [0, 0.1) is 5.92 Å². The number of nitrogens with zero attached hydrogens (tertiary/aromatic N) is 3. The molecule has 9 heteroatoms. The summed E-state index contributed by atoms with van der Waals surface area (Å²) in [4.78, 5) is 4.03. The summed E-state index contributed by atoms with van der Waals surface area (Å²) in [7, 11) is 0. The van der Waals surface area contributed by atoms with Gasteiger partial charge < -0.3 is 5.73 Å². The first-order valence-electron chi connectivity index (χ1n) is 11.6. The summed E-state index contributed by atoms with van der Waals surface area (Å²) < 4.78 is 39.8. The number of hydrogen-bond donors (Lipinski definition) is 1. The van der Waals surface area contributed by atoms with Crippen molar-refractivity contribution in [3.05, 3.63) is 59.1 Å². The number of nitrogen functional groups attached to an aromatic ring is 1. The molecule has 0 unspecified atom stereocenters. The molecular formula is C25H35F3IN4Sb. The first-order valence-corrected chi connectivity index (χ1v) is 19.0. The SMILES string of the molecule is C=C(/C=C(/c1cc2n(n1)CCCC2)C(C)C)C(F)(F)F.CC.Nc1nccc2c1CCC2.[Sb][I]. The Hall–Kier alpha value is -1.02. The van der Waals surface area contributed by atoms with Crippen LogP contribution in [0.2, 0.25) is 0 Å². The van der Waals surface area contributed by atoms with Crippen molar-refractivity contribution in [3.63, 3.8) is 0 Å². The van der Waals surface area contributed by atoms with Crippen LogP contribution in [0.4, 0.5) is 19.0 Å². The Kier molecular flexibility index (Phi) is 13.8. The molecule has 2 aliphatic rings. The van der Waals surface area contributed by atoms with Crippen LogP contribution in [-0.4, -0.2) is 39.9 Å². The van der Waals surface area contributed by atoms with Gasteiger partial charge in [-0.15, -0.1) is 0 Å². The van der Waals surface area contributed by atoms with Crippen molar-refractivity contribution in [2.75, 3.05) is 5.73 Å². The van der Waals surface area contributed by atoms with E-state index in [1.54, 1.807) is 25.2 Å². The summed E-state index contributed by atoms with van der Waals surface area (Å²) in [5.74, 6) is 0.695. The third-order valence-electron chi connectivity index (χ3n) is 5.59. The van der Waals surface area contributed by atoms with E-state index in [9.17, 15) is 13.2 Å². The van der Waals surface area contributed by atoms with Crippen molar-refractivity contribution in [1.29, 1.82) is 0 Å². The molecule has 0 aromatic carbocycles. The fourth-order valence-electron chi connectivity index (χ4n) is 3.89. The van der Waals surface area contributed by atoms with E-state index in [1.807, 2.05) is 38.4 Å². The molecule has 2 radical (unpaired) electrons. The van der Waals surface area contributed by atoms with Crippen LogP contribution >= 0.6 is 18.5 Å². The van der Waals surface area contributed by atoms with E-state index >= 15 is 0 Å². The van der Waals surface area contributed by atoms with Gasteiger partial charge >= 0.3 is 43.7 Å². The number of alkyl halides is 3. The third-order valence-corrected chi connectivity index (χ3v) is 5.59. The molecular weight excluding hydrogens is 662 g/mol. The molecule has 4 nitrogen and oxygen atoms in total. The van der Waals surface area contributed by atoms with Gasteiger partial charge in [-0.05, 0) is 79.4 Å². The van der Waals surface area contributed by atoms with Gasteiger partial charge in [-0.1, -0.05) is 34.3 Å². The summed E-state index contributed by atoms with van der Waals surface area (Å²) in [5, 5.41) is 4.45. The van der Waals surface area contributed by atoms with Gasteiger partial charge in [0.2, 0.25) is 0 Å². The van der Waals surface area contributed by atoms with Gasteiger partial charge in [0.25, 0.3) is 0 Å². The third kappa shape index (κ3) is 8.88. The van der Waals surface area contributed by atoms with Gasteiger partial charge in [-0.25, -0.2) is 4.98 Å². The Morgan fingerprint density at radius 3 is 2.41 bits per heavy atom. The predicted octanol–water partition coefficient (Wildman–Crippen LogP) is 7.06. The molecule has 2 aromatic rings. The summed E-state index contributed by atoms with van der Waals surface area (Å²) in [6.07, 6.45) is 5.20. The number of rotatable bonds is 3. The van der Waals surface area contributed by atoms with E-state index in [-0.39, 0.29) is 5.92 Å². The number of nitrogens with two attached hydrogens (primary N) is 1. The van der Waals surface area contributed by atoms with Crippen LogP contribution in [-0.2, 0) is 25.8 Å². The van der Waals surface area contributed by atoms with Crippen molar-refractivity contribution >= 4 is 48.9 Å². The number of anilines is 1. The molecule has 4 rings (SSSR count). The summed E-state index contributed by atoms with van der Waals surface area (Å²) in [6.45, 7) is 11.7. The number of pyridine rings is 1. The summed E-state index contributed by atoms with van der Waals surface area (Å²) >= 11 is 3.92. The molecule has 34 heavy (non-hydrogen) atoms. The molecule has 2 aromatic heterocycles. The van der Waals surface area contributed by atoms with Crippen molar-refractivity contribution < 1.29 is 13.2 Å². The minimum atomic E-state index is -4.39. The number of halogens is 4. The second-order valence-electron chi connectivity index (χ2n) is 8.17. The van der Waals surface area contributed by atoms with Crippen LogP contribution in [0.25, 0.3) is 5.57 Å². The summed E-state index contributed by atoms with van der Waals surface area (Å²) in [6, 6.07) is 3.98. The van der Waals surface area contributed by atoms with Gasteiger partial charge in [-0.2, -0.15) is 18.3 Å². The molecule has 0 spiro atoms. The van der Waals surface area contributed by atoms with E-state index in [4.69, 9.17) is 5.73 Å².